The highest BCUT2D eigenvalue weighted by molar-refractivity contribution is 7.89. The molecule has 0 radical (unpaired) electrons. The first-order valence-electron chi connectivity index (χ1n) is 10.4. The van der Waals surface area contributed by atoms with Gasteiger partial charge in [-0.3, -0.25) is 4.79 Å². The van der Waals surface area contributed by atoms with E-state index < -0.39 is 22.0 Å². The van der Waals surface area contributed by atoms with E-state index in [4.69, 9.17) is 4.74 Å². The lowest BCUT2D eigenvalue weighted by Gasteiger charge is -2.27. The Morgan fingerprint density at radius 2 is 1.68 bits per heavy atom. The van der Waals surface area contributed by atoms with Crippen LogP contribution >= 0.6 is 0 Å². The zero-order valence-electron chi connectivity index (χ0n) is 19.4. The summed E-state index contributed by atoms with van der Waals surface area (Å²) in [5.41, 5.74) is 2.78. The molecule has 0 amide bonds. The predicted molar refractivity (Wildman–Crippen MR) is 120 cm³/mol. The molecule has 1 aromatic heterocycles. The third kappa shape index (κ3) is 4.60. The number of esters is 1. The number of nitrogens with zero attached hydrogens (tertiary/aromatic N) is 2. The van der Waals surface area contributed by atoms with Gasteiger partial charge in [0, 0.05) is 24.3 Å². The molecule has 1 heterocycles. The highest BCUT2D eigenvalue weighted by Crippen LogP contribution is 2.27. The first-order valence-corrected chi connectivity index (χ1v) is 11.9. The highest BCUT2D eigenvalue weighted by atomic mass is 32.2. The van der Waals surface area contributed by atoms with Crippen LogP contribution in [0, 0.1) is 20.8 Å². The second-order valence-corrected chi connectivity index (χ2v) is 9.53. The maximum atomic E-state index is 13.6. The van der Waals surface area contributed by atoms with Crippen LogP contribution in [-0.4, -0.2) is 48.7 Å². The third-order valence-electron chi connectivity index (χ3n) is 5.59. The van der Waals surface area contributed by atoms with E-state index in [9.17, 15) is 18.0 Å². The minimum absolute atomic E-state index is 0.154. The maximum Gasteiger partial charge on any atom is 0.354 e. The van der Waals surface area contributed by atoms with Crippen molar-refractivity contribution in [2.75, 3.05) is 13.7 Å². The molecule has 8 heteroatoms. The van der Waals surface area contributed by atoms with Crippen LogP contribution in [0.15, 0.2) is 29.2 Å². The molecule has 0 bridgehead atoms. The summed E-state index contributed by atoms with van der Waals surface area (Å²) in [5.74, 6) is -0.858. The summed E-state index contributed by atoms with van der Waals surface area (Å²) in [6.07, 6.45) is 0.560. The first-order chi connectivity index (χ1) is 14.5. The van der Waals surface area contributed by atoms with E-state index in [1.165, 1.54) is 11.4 Å². The van der Waals surface area contributed by atoms with E-state index >= 15 is 0 Å². The Labute approximate surface area is 185 Å². The Morgan fingerprint density at radius 1 is 1.10 bits per heavy atom. The number of ketones is 1. The number of Topliss-reactive ketones (excluding diaryl/α,β-unsaturated/α-hetero) is 1. The van der Waals surface area contributed by atoms with Gasteiger partial charge in [-0.15, -0.1) is 0 Å². The first kappa shape index (κ1) is 24.8. The Hall–Kier alpha value is -2.45. The van der Waals surface area contributed by atoms with Gasteiger partial charge in [-0.25, -0.2) is 13.2 Å². The van der Waals surface area contributed by atoms with Gasteiger partial charge in [0.15, 0.2) is 5.78 Å². The number of sulfonamides is 1. The normalized spacial score (nSPS) is 12.8. The standard InChI is InChI=1S/C23H32N2O5S/c1-8-14-25(31(28,29)19-12-10-15(3)11-13-19)18(6)22(26)20-16(4)21(23(27)30-7)24(9-2)17(20)5/h10-13,18H,8-9,14H2,1-7H3/t18-/m0/s1. The van der Waals surface area contributed by atoms with Crippen molar-refractivity contribution < 1.29 is 22.7 Å². The van der Waals surface area contributed by atoms with Gasteiger partial charge >= 0.3 is 5.97 Å². The monoisotopic (exact) mass is 448 g/mol. The van der Waals surface area contributed by atoms with Crippen molar-refractivity contribution >= 4 is 21.8 Å². The molecule has 1 atom stereocenters. The summed E-state index contributed by atoms with van der Waals surface area (Å²) in [6.45, 7) is 11.4. The van der Waals surface area contributed by atoms with Crippen molar-refractivity contribution in [3.63, 3.8) is 0 Å². The topological polar surface area (TPSA) is 85.7 Å². The Balaban J connectivity index is 2.56. The van der Waals surface area contributed by atoms with E-state index in [2.05, 4.69) is 0 Å². The smallest absolute Gasteiger partial charge is 0.354 e. The highest BCUT2D eigenvalue weighted by Gasteiger charge is 2.36. The molecule has 7 nitrogen and oxygen atoms in total. The molecular formula is C23H32N2O5S. The second-order valence-electron chi connectivity index (χ2n) is 7.64. The molecule has 0 aliphatic rings. The number of ether oxygens (including phenoxy) is 1. The fraction of sp³-hybridized carbons (Fsp3) is 0.478. The van der Waals surface area contributed by atoms with Gasteiger partial charge in [-0.1, -0.05) is 24.6 Å². The number of aryl methyl sites for hydroxylation is 1. The molecule has 0 spiro atoms. The van der Waals surface area contributed by atoms with Crippen LogP contribution in [0.2, 0.25) is 0 Å². The zero-order chi connectivity index (χ0) is 23.5. The lowest BCUT2D eigenvalue weighted by molar-refractivity contribution is 0.0587. The van der Waals surface area contributed by atoms with Gasteiger partial charge in [-0.2, -0.15) is 4.31 Å². The average Bonchev–Trinajstić information content (AvgIpc) is 2.99. The van der Waals surface area contributed by atoms with E-state index in [0.29, 0.717) is 35.5 Å². The molecule has 0 fully saturated rings. The van der Waals surface area contributed by atoms with Crippen molar-refractivity contribution in [2.45, 2.75) is 65.4 Å². The van der Waals surface area contributed by atoms with Crippen molar-refractivity contribution in [3.8, 4) is 0 Å². The van der Waals surface area contributed by atoms with Crippen LogP contribution < -0.4 is 0 Å². The van der Waals surface area contributed by atoms with Gasteiger partial charge in [-0.05, 0) is 58.7 Å². The molecule has 0 aliphatic heterocycles. The maximum absolute atomic E-state index is 13.6. The molecular weight excluding hydrogens is 416 g/mol. The molecule has 2 rings (SSSR count). The van der Waals surface area contributed by atoms with Crippen molar-refractivity contribution in [2.24, 2.45) is 0 Å². The summed E-state index contributed by atoms with van der Waals surface area (Å²) in [6, 6.07) is 5.67. The Morgan fingerprint density at radius 3 is 2.16 bits per heavy atom. The summed E-state index contributed by atoms with van der Waals surface area (Å²) < 4.78 is 34.6. The average molecular weight is 449 g/mol. The number of hydrogen-bond acceptors (Lipinski definition) is 5. The summed E-state index contributed by atoms with van der Waals surface area (Å²) in [5, 5.41) is 0. The molecule has 1 aromatic carbocycles. The van der Waals surface area contributed by atoms with Crippen LogP contribution in [0.25, 0.3) is 0 Å². The van der Waals surface area contributed by atoms with Crippen molar-refractivity contribution in [3.05, 3.63) is 52.3 Å². The third-order valence-corrected chi connectivity index (χ3v) is 7.58. The number of carbonyl (C=O) groups excluding carboxylic acids is 2. The minimum Gasteiger partial charge on any atom is -0.464 e. The van der Waals surface area contributed by atoms with Crippen LogP contribution in [0.5, 0.6) is 0 Å². The Bertz CT molecular complexity index is 1070. The number of benzene rings is 1. The van der Waals surface area contributed by atoms with E-state index in [-0.39, 0.29) is 17.2 Å². The molecule has 0 N–H and O–H groups in total. The number of methoxy groups -OCH3 is 1. The fourth-order valence-electron chi connectivity index (χ4n) is 3.94. The molecule has 0 saturated heterocycles. The molecule has 0 saturated carbocycles. The lowest BCUT2D eigenvalue weighted by Crippen LogP contribution is -2.44. The van der Waals surface area contributed by atoms with E-state index in [0.717, 1.165) is 5.56 Å². The van der Waals surface area contributed by atoms with E-state index in [1.807, 2.05) is 20.8 Å². The minimum atomic E-state index is -3.87. The molecule has 31 heavy (non-hydrogen) atoms. The van der Waals surface area contributed by atoms with Crippen molar-refractivity contribution in [1.29, 1.82) is 0 Å². The number of carbonyl (C=O) groups is 2. The number of hydrogen-bond donors (Lipinski definition) is 0. The van der Waals surface area contributed by atoms with Gasteiger partial charge in [0.25, 0.3) is 0 Å². The zero-order valence-corrected chi connectivity index (χ0v) is 20.2. The second kappa shape index (κ2) is 9.78. The van der Waals surface area contributed by atoms with Gasteiger partial charge in [0.05, 0.1) is 18.0 Å². The molecule has 0 aliphatic carbocycles. The Kier molecular flexibility index (Phi) is 7.83. The van der Waals surface area contributed by atoms with Crippen LogP contribution in [0.1, 0.15) is 64.9 Å². The number of rotatable bonds is 9. The van der Waals surface area contributed by atoms with Crippen molar-refractivity contribution in [1.82, 2.24) is 8.87 Å². The summed E-state index contributed by atoms with van der Waals surface area (Å²) >= 11 is 0. The molecule has 0 unspecified atom stereocenters. The summed E-state index contributed by atoms with van der Waals surface area (Å²) in [7, 11) is -2.58. The SMILES string of the molecule is CCCN([C@@H](C)C(=O)c1c(C)c(C(=O)OC)n(CC)c1C)S(=O)(=O)c1ccc(C)cc1. The quantitative estimate of drug-likeness (QED) is 0.429. The van der Waals surface area contributed by atoms with Gasteiger partial charge in [0.1, 0.15) is 5.69 Å². The number of aromatic nitrogens is 1. The van der Waals surface area contributed by atoms with Crippen LogP contribution in [0.3, 0.4) is 0 Å². The predicted octanol–water partition coefficient (Wildman–Crippen LogP) is 3.89. The van der Waals surface area contributed by atoms with Crippen LogP contribution in [0.4, 0.5) is 0 Å². The van der Waals surface area contributed by atoms with Crippen LogP contribution in [-0.2, 0) is 21.3 Å². The molecule has 170 valence electrons. The molecule has 2 aromatic rings. The summed E-state index contributed by atoms with van der Waals surface area (Å²) in [4.78, 5) is 26.0. The lowest BCUT2D eigenvalue weighted by atomic mass is 10.0. The van der Waals surface area contributed by atoms with E-state index in [1.54, 1.807) is 49.6 Å². The van der Waals surface area contributed by atoms with Gasteiger partial charge < -0.3 is 9.30 Å². The van der Waals surface area contributed by atoms with Gasteiger partial charge in [0.2, 0.25) is 10.0 Å². The largest absolute Gasteiger partial charge is 0.464 e. The fourth-order valence-corrected chi connectivity index (χ4v) is 5.63.